The lowest BCUT2D eigenvalue weighted by Gasteiger charge is -2.26. The molecule has 1 atom stereocenters. The van der Waals surface area contributed by atoms with Gasteiger partial charge >= 0.3 is 0 Å². The molecule has 0 aliphatic carbocycles. The van der Waals surface area contributed by atoms with Gasteiger partial charge < -0.3 is 9.64 Å². The molecule has 1 fully saturated rings. The number of ether oxygens (including phenoxy) is 1. The van der Waals surface area contributed by atoms with E-state index in [9.17, 15) is 4.79 Å². The molecule has 78 valence electrons. The quantitative estimate of drug-likeness (QED) is 0.627. The SMILES string of the molecule is CCN(CC#N)C(=O)C1CCCOC1. The van der Waals surface area contributed by atoms with Crippen molar-refractivity contribution in [2.24, 2.45) is 5.92 Å². The van der Waals surface area contributed by atoms with Gasteiger partial charge in [-0.1, -0.05) is 0 Å². The summed E-state index contributed by atoms with van der Waals surface area (Å²) >= 11 is 0. The summed E-state index contributed by atoms with van der Waals surface area (Å²) in [7, 11) is 0. The van der Waals surface area contributed by atoms with E-state index in [4.69, 9.17) is 10.00 Å². The van der Waals surface area contributed by atoms with Crippen LogP contribution in [0.4, 0.5) is 0 Å². The van der Waals surface area contributed by atoms with Crippen molar-refractivity contribution in [2.45, 2.75) is 19.8 Å². The molecule has 0 aromatic carbocycles. The summed E-state index contributed by atoms with van der Waals surface area (Å²) in [6.45, 7) is 3.95. The van der Waals surface area contributed by atoms with Crippen LogP contribution >= 0.6 is 0 Å². The molecule has 1 saturated heterocycles. The Balaban J connectivity index is 2.48. The van der Waals surface area contributed by atoms with Gasteiger partial charge in [0.15, 0.2) is 0 Å². The van der Waals surface area contributed by atoms with Crippen LogP contribution in [-0.4, -0.2) is 37.1 Å². The fourth-order valence-corrected chi connectivity index (χ4v) is 1.62. The Morgan fingerprint density at radius 3 is 3.00 bits per heavy atom. The van der Waals surface area contributed by atoms with E-state index in [1.165, 1.54) is 0 Å². The first kappa shape index (κ1) is 11.0. The molecule has 1 unspecified atom stereocenters. The zero-order chi connectivity index (χ0) is 10.4. The Hall–Kier alpha value is -1.08. The molecular weight excluding hydrogens is 180 g/mol. The summed E-state index contributed by atoms with van der Waals surface area (Å²) in [6, 6.07) is 2.00. The van der Waals surface area contributed by atoms with Crippen molar-refractivity contribution < 1.29 is 9.53 Å². The molecule has 14 heavy (non-hydrogen) atoms. The molecule has 0 radical (unpaired) electrons. The average Bonchev–Trinajstić information content (AvgIpc) is 2.26. The van der Waals surface area contributed by atoms with Gasteiger partial charge in [-0.25, -0.2) is 0 Å². The van der Waals surface area contributed by atoms with E-state index in [-0.39, 0.29) is 18.4 Å². The third-order valence-corrected chi connectivity index (χ3v) is 2.46. The Bertz CT molecular complexity index is 229. The van der Waals surface area contributed by atoms with Crippen molar-refractivity contribution in [2.75, 3.05) is 26.3 Å². The molecule has 1 aliphatic heterocycles. The number of nitrogens with zero attached hydrogens (tertiary/aromatic N) is 2. The number of nitriles is 1. The first-order valence-corrected chi connectivity index (χ1v) is 5.03. The predicted octanol–water partition coefficient (Wildman–Crippen LogP) is 0.785. The topological polar surface area (TPSA) is 53.3 Å². The van der Waals surface area contributed by atoms with Crippen LogP contribution in [0.25, 0.3) is 0 Å². The molecule has 1 rings (SSSR count). The molecule has 0 aromatic heterocycles. The molecule has 4 nitrogen and oxygen atoms in total. The summed E-state index contributed by atoms with van der Waals surface area (Å²) < 4.78 is 5.25. The van der Waals surface area contributed by atoms with Crippen LogP contribution in [0.5, 0.6) is 0 Å². The molecule has 1 amide bonds. The maximum atomic E-state index is 11.8. The highest BCUT2D eigenvalue weighted by molar-refractivity contribution is 5.79. The average molecular weight is 196 g/mol. The fraction of sp³-hybridized carbons (Fsp3) is 0.800. The van der Waals surface area contributed by atoms with Crippen LogP contribution in [0.2, 0.25) is 0 Å². The van der Waals surface area contributed by atoms with Crippen molar-refractivity contribution in [1.29, 1.82) is 5.26 Å². The Morgan fingerprint density at radius 1 is 1.71 bits per heavy atom. The van der Waals surface area contributed by atoms with Crippen molar-refractivity contribution in [3.63, 3.8) is 0 Å². The van der Waals surface area contributed by atoms with Crippen LogP contribution in [-0.2, 0) is 9.53 Å². The third kappa shape index (κ3) is 2.71. The van der Waals surface area contributed by atoms with Crippen LogP contribution in [0, 0.1) is 17.2 Å². The molecular formula is C10H16N2O2. The van der Waals surface area contributed by atoms with Crippen molar-refractivity contribution in [1.82, 2.24) is 4.90 Å². The fourth-order valence-electron chi connectivity index (χ4n) is 1.62. The van der Waals surface area contributed by atoms with E-state index in [1.807, 2.05) is 13.0 Å². The Kier molecular flexibility index (Phi) is 4.41. The van der Waals surface area contributed by atoms with Gasteiger partial charge in [-0.3, -0.25) is 4.79 Å². The van der Waals surface area contributed by atoms with E-state index in [0.29, 0.717) is 13.2 Å². The van der Waals surface area contributed by atoms with E-state index in [0.717, 1.165) is 19.4 Å². The third-order valence-electron chi connectivity index (χ3n) is 2.46. The van der Waals surface area contributed by atoms with Crippen LogP contribution in [0.1, 0.15) is 19.8 Å². The molecule has 0 saturated carbocycles. The van der Waals surface area contributed by atoms with Gasteiger partial charge in [0.05, 0.1) is 18.6 Å². The highest BCUT2D eigenvalue weighted by Gasteiger charge is 2.25. The van der Waals surface area contributed by atoms with Gasteiger partial charge in [0.2, 0.25) is 5.91 Å². The maximum absolute atomic E-state index is 11.8. The van der Waals surface area contributed by atoms with Gasteiger partial charge in [0.25, 0.3) is 0 Å². The second-order valence-corrected chi connectivity index (χ2v) is 3.42. The standard InChI is InChI=1S/C10H16N2O2/c1-2-12(6-5-11)10(13)9-4-3-7-14-8-9/h9H,2-4,6-8H2,1H3. The second kappa shape index (κ2) is 5.61. The normalized spacial score (nSPS) is 21.3. The van der Waals surface area contributed by atoms with Gasteiger partial charge in [-0.2, -0.15) is 5.26 Å². The summed E-state index contributed by atoms with van der Waals surface area (Å²) in [4.78, 5) is 13.4. The predicted molar refractivity (Wildman–Crippen MR) is 51.4 cm³/mol. The summed E-state index contributed by atoms with van der Waals surface area (Å²) in [5, 5.41) is 8.54. The second-order valence-electron chi connectivity index (χ2n) is 3.42. The van der Waals surface area contributed by atoms with E-state index in [1.54, 1.807) is 4.90 Å². The minimum atomic E-state index is -0.0305. The monoisotopic (exact) mass is 196 g/mol. The summed E-state index contributed by atoms with van der Waals surface area (Å²) in [6.07, 6.45) is 1.83. The van der Waals surface area contributed by atoms with E-state index >= 15 is 0 Å². The molecule has 0 bridgehead atoms. The van der Waals surface area contributed by atoms with Gasteiger partial charge in [0.1, 0.15) is 6.54 Å². The minimum absolute atomic E-state index is 0.0305. The van der Waals surface area contributed by atoms with Crippen molar-refractivity contribution >= 4 is 5.91 Å². The van der Waals surface area contributed by atoms with Crippen LogP contribution in [0.3, 0.4) is 0 Å². The lowest BCUT2D eigenvalue weighted by molar-refractivity contribution is -0.138. The Morgan fingerprint density at radius 2 is 2.50 bits per heavy atom. The first-order chi connectivity index (χ1) is 6.79. The summed E-state index contributed by atoms with van der Waals surface area (Å²) in [5.74, 6) is 0.0331. The number of carbonyl (C=O) groups excluding carboxylic acids is 1. The lowest BCUT2D eigenvalue weighted by Crippen LogP contribution is -2.39. The molecule has 0 spiro atoms. The van der Waals surface area contributed by atoms with Gasteiger partial charge in [-0.15, -0.1) is 0 Å². The zero-order valence-electron chi connectivity index (χ0n) is 8.53. The minimum Gasteiger partial charge on any atom is -0.381 e. The van der Waals surface area contributed by atoms with Gasteiger partial charge in [0, 0.05) is 13.2 Å². The van der Waals surface area contributed by atoms with E-state index in [2.05, 4.69) is 0 Å². The number of hydrogen-bond donors (Lipinski definition) is 0. The number of carbonyl (C=O) groups is 1. The van der Waals surface area contributed by atoms with Gasteiger partial charge in [-0.05, 0) is 19.8 Å². The van der Waals surface area contributed by atoms with E-state index < -0.39 is 0 Å². The Labute approximate surface area is 84.4 Å². The molecule has 1 heterocycles. The molecule has 0 N–H and O–H groups in total. The first-order valence-electron chi connectivity index (χ1n) is 5.03. The smallest absolute Gasteiger partial charge is 0.228 e. The molecule has 0 aromatic rings. The number of amides is 1. The van der Waals surface area contributed by atoms with Crippen LogP contribution in [0.15, 0.2) is 0 Å². The largest absolute Gasteiger partial charge is 0.381 e. The van der Waals surface area contributed by atoms with Crippen LogP contribution < -0.4 is 0 Å². The molecule has 4 heteroatoms. The molecule has 1 aliphatic rings. The van der Waals surface area contributed by atoms with Crippen molar-refractivity contribution in [3.05, 3.63) is 0 Å². The maximum Gasteiger partial charge on any atom is 0.228 e. The van der Waals surface area contributed by atoms with Crippen molar-refractivity contribution in [3.8, 4) is 6.07 Å². The number of hydrogen-bond acceptors (Lipinski definition) is 3. The number of rotatable bonds is 3. The highest BCUT2D eigenvalue weighted by Crippen LogP contribution is 2.16. The zero-order valence-corrected chi connectivity index (χ0v) is 8.53. The highest BCUT2D eigenvalue weighted by atomic mass is 16.5. The lowest BCUT2D eigenvalue weighted by atomic mass is 10.0. The summed E-state index contributed by atoms with van der Waals surface area (Å²) in [5.41, 5.74) is 0.